The lowest BCUT2D eigenvalue weighted by atomic mass is 10.2. The van der Waals surface area contributed by atoms with Gasteiger partial charge in [0.25, 0.3) is 0 Å². The minimum atomic E-state index is -0.813. The number of nitro groups is 1. The number of nitro benzene ring substituents is 1. The maximum Gasteiger partial charge on any atom is 0.305 e. The van der Waals surface area contributed by atoms with Gasteiger partial charge in [0.15, 0.2) is 0 Å². The molecular weight excluding hydrogens is 291 g/mol. The molecule has 0 aliphatic rings. The Morgan fingerprint density at radius 1 is 1.37 bits per heavy atom. The zero-order valence-corrected chi connectivity index (χ0v) is 11.1. The van der Waals surface area contributed by atoms with E-state index in [0.29, 0.717) is 10.0 Å². The molecule has 19 heavy (non-hydrogen) atoms. The van der Waals surface area contributed by atoms with E-state index in [1.165, 1.54) is 23.9 Å². The molecule has 98 valence electrons. The number of halogens is 2. The Hall–Kier alpha value is -1.66. The molecule has 2 rings (SSSR count). The minimum absolute atomic E-state index is 0.226. The number of rotatable bonds is 4. The highest BCUT2D eigenvalue weighted by Gasteiger charge is 2.17. The van der Waals surface area contributed by atoms with E-state index in [2.05, 4.69) is 4.98 Å². The van der Waals surface area contributed by atoms with Gasteiger partial charge in [0.1, 0.15) is 5.03 Å². The quantitative estimate of drug-likeness (QED) is 0.485. The van der Waals surface area contributed by atoms with E-state index in [9.17, 15) is 14.5 Å². The summed E-state index contributed by atoms with van der Waals surface area (Å²) in [6.07, 6.45) is 1.58. The molecule has 0 amide bonds. The van der Waals surface area contributed by atoms with E-state index in [4.69, 9.17) is 11.6 Å². The maximum absolute atomic E-state index is 13.8. The van der Waals surface area contributed by atoms with Gasteiger partial charge in [0, 0.05) is 23.6 Å². The SMILES string of the molecule is O=[N+]([O-])c1cccc(CSc2ncccc2Cl)c1F. The van der Waals surface area contributed by atoms with Crippen molar-refractivity contribution in [2.75, 3.05) is 0 Å². The molecule has 0 bridgehead atoms. The number of hydrogen-bond donors (Lipinski definition) is 0. The third kappa shape index (κ3) is 3.21. The Morgan fingerprint density at radius 2 is 2.16 bits per heavy atom. The van der Waals surface area contributed by atoms with Crippen molar-refractivity contribution in [2.45, 2.75) is 10.8 Å². The Labute approximate surface area is 117 Å². The Balaban J connectivity index is 2.19. The topological polar surface area (TPSA) is 56.0 Å². The van der Waals surface area contributed by atoms with Crippen molar-refractivity contribution in [3.05, 3.63) is 63.0 Å². The molecule has 0 spiro atoms. The summed E-state index contributed by atoms with van der Waals surface area (Å²) >= 11 is 7.16. The van der Waals surface area contributed by atoms with E-state index in [1.807, 2.05) is 0 Å². The maximum atomic E-state index is 13.8. The van der Waals surface area contributed by atoms with Gasteiger partial charge in [-0.25, -0.2) is 4.98 Å². The van der Waals surface area contributed by atoms with Crippen molar-refractivity contribution in [1.82, 2.24) is 4.98 Å². The second-order valence-corrected chi connectivity index (χ2v) is 4.96. The summed E-state index contributed by atoms with van der Waals surface area (Å²) in [5.41, 5.74) is -0.272. The lowest BCUT2D eigenvalue weighted by molar-refractivity contribution is -0.387. The van der Waals surface area contributed by atoms with Crippen LogP contribution >= 0.6 is 23.4 Å². The highest BCUT2D eigenvalue weighted by molar-refractivity contribution is 7.98. The molecule has 0 aliphatic carbocycles. The Morgan fingerprint density at radius 3 is 2.84 bits per heavy atom. The van der Waals surface area contributed by atoms with Gasteiger partial charge in [-0.2, -0.15) is 4.39 Å². The average Bonchev–Trinajstić information content (AvgIpc) is 2.39. The summed E-state index contributed by atoms with van der Waals surface area (Å²) in [7, 11) is 0. The van der Waals surface area contributed by atoms with Gasteiger partial charge in [-0.3, -0.25) is 10.1 Å². The Kier molecular flexibility index (Phi) is 4.34. The molecule has 1 aromatic carbocycles. The van der Waals surface area contributed by atoms with Crippen LogP contribution < -0.4 is 0 Å². The van der Waals surface area contributed by atoms with E-state index >= 15 is 0 Å². The monoisotopic (exact) mass is 298 g/mol. The smallest absolute Gasteiger partial charge is 0.258 e. The van der Waals surface area contributed by atoms with Crippen LogP contribution in [0.5, 0.6) is 0 Å². The van der Waals surface area contributed by atoms with Gasteiger partial charge in [0.05, 0.1) is 9.95 Å². The molecule has 0 aliphatic heterocycles. The van der Waals surface area contributed by atoms with Gasteiger partial charge in [-0.15, -0.1) is 11.8 Å². The number of benzene rings is 1. The zero-order chi connectivity index (χ0) is 13.8. The largest absolute Gasteiger partial charge is 0.305 e. The van der Waals surface area contributed by atoms with Crippen LogP contribution in [0.2, 0.25) is 5.02 Å². The third-order valence-electron chi connectivity index (χ3n) is 2.34. The molecular formula is C12H8ClFN2O2S. The summed E-state index contributed by atoms with van der Waals surface area (Å²) in [5.74, 6) is -0.586. The number of thioether (sulfide) groups is 1. The lowest BCUT2D eigenvalue weighted by Gasteiger charge is -2.04. The summed E-state index contributed by atoms with van der Waals surface area (Å²) in [6, 6.07) is 7.47. The second-order valence-electron chi connectivity index (χ2n) is 3.59. The van der Waals surface area contributed by atoms with Crippen molar-refractivity contribution in [3.63, 3.8) is 0 Å². The molecule has 0 saturated carbocycles. The number of nitrogens with zero attached hydrogens (tertiary/aromatic N) is 2. The molecule has 0 N–H and O–H groups in total. The first-order valence-electron chi connectivity index (χ1n) is 5.24. The molecule has 1 heterocycles. The van der Waals surface area contributed by atoms with Gasteiger partial charge in [-0.05, 0) is 12.1 Å². The van der Waals surface area contributed by atoms with Gasteiger partial charge < -0.3 is 0 Å². The second kappa shape index (κ2) is 5.99. The Bertz CT molecular complexity index is 624. The summed E-state index contributed by atoms with van der Waals surface area (Å²) in [6.45, 7) is 0. The van der Waals surface area contributed by atoms with Crippen molar-refractivity contribution in [3.8, 4) is 0 Å². The van der Waals surface area contributed by atoms with E-state index in [-0.39, 0.29) is 11.3 Å². The predicted molar refractivity (Wildman–Crippen MR) is 71.9 cm³/mol. The normalized spacial score (nSPS) is 10.4. The summed E-state index contributed by atoms with van der Waals surface area (Å²) < 4.78 is 13.8. The fourth-order valence-corrected chi connectivity index (χ4v) is 2.58. The van der Waals surface area contributed by atoms with Crippen molar-refractivity contribution >= 4 is 29.1 Å². The van der Waals surface area contributed by atoms with Crippen LogP contribution in [0.3, 0.4) is 0 Å². The fourth-order valence-electron chi connectivity index (χ4n) is 1.44. The van der Waals surface area contributed by atoms with Crippen LogP contribution in [0.1, 0.15) is 5.56 Å². The standard InChI is InChI=1S/C12H8ClFN2O2S/c13-9-4-2-6-15-12(9)19-7-8-3-1-5-10(11(8)14)16(17)18/h1-6H,7H2. The van der Waals surface area contributed by atoms with Gasteiger partial charge >= 0.3 is 5.69 Å². The van der Waals surface area contributed by atoms with Crippen LogP contribution in [0.15, 0.2) is 41.6 Å². The molecule has 2 aromatic rings. The zero-order valence-electron chi connectivity index (χ0n) is 9.55. The molecule has 0 atom stereocenters. The first-order valence-corrected chi connectivity index (χ1v) is 6.61. The van der Waals surface area contributed by atoms with Crippen molar-refractivity contribution < 1.29 is 9.31 Å². The summed E-state index contributed by atoms with van der Waals surface area (Å²) in [5, 5.41) is 11.7. The van der Waals surface area contributed by atoms with Crippen LogP contribution in [-0.4, -0.2) is 9.91 Å². The lowest BCUT2D eigenvalue weighted by Crippen LogP contribution is -1.96. The van der Waals surface area contributed by atoms with E-state index in [1.54, 1.807) is 18.3 Å². The minimum Gasteiger partial charge on any atom is -0.258 e. The first kappa shape index (κ1) is 13.8. The average molecular weight is 299 g/mol. The highest BCUT2D eigenvalue weighted by Crippen LogP contribution is 2.30. The van der Waals surface area contributed by atoms with Crippen molar-refractivity contribution in [1.29, 1.82) is 0 Å². The van der Waals surface area contributed by atoms with E-state index in [0.717, 1.165) is 6.07 Å². The fraction of sp³-hybridized carbons (Fsp3) is 0.0833. The van der Waals surface area contributed by atoms with Crippen LogP contribution in [0, 0.1) is 15.9 Å². The summed E-state index contributed by atoms with van der Waals surface area (Å²) in [4.78, 5) is 13.9. The van der Waals surface area contributed by atoms with E-state index < -0.39 is 16.4 Å². The number of hydrogen-bond acceptors (Lipinski definition) is 4. The van der Waals surface area contributed by atoms with Gasteiger partial charge in [-0.1, -0.05) is 23.7 Å². The molecule has 0 saturated heterocycles. The first-order chi connectivity index (χ1) is 9.09. The molecule has 7 heteroatoms. The molecule has 1 aromatic heterocycles. The van der Waals surface area contributed by atoms with Crippen LogP contribution in [0.25, 0.3) is 0 Å². The third-order valence-corrected chi connectivity index (χ3v) is 3.82. The highest BCUT2D eigenvalue weighted by atomic mass is 35.5. The number of aromatic nitrogens is 1. The van der Waals surface area contributed by atoms with Crippen LogP contribution in [0.4, 0.5) is 10.1 Å². The molecule has 4 nitrogen and oxygen atoms in total. The molecule has 0 unspecified atom stereocenters. The van der Waals surface area contributed by atoms with Crippen molar-refractivity contribution in [2.24, 2.45) is 0 Å². The molecule has 0 radical (unpaired) electrons. The number of pyridine rings is 1. The van der Waals surface area contributed by atoms with Gasteiger partial charge in [0.2, 0.25) is 5.82 Å². The van der Waals surface area contributed by atoms with Crippen LogP contribution in [-0.2, 0) is 5.75 Å². The predicted octanol–water partition coefficient (Wildman–Crippen LogP) is 4.07. The molecule has 0 fully saturated rings.